The van der Waals surface area contributed by atoms with E-state index in [1.807, 2.05) is 11.4 Å². The van der Waals surface area contributed by atoms with E-state index >= 15 is 0 Å². The van der Waals surface area contributed by atoms with Crippen molar-refractivity contribution in [3.63, 3.8) is 0 Å². The molecular formula is C36H35ClN6O10S3. The van der Waals surface area contributed by atoms with E-state index in [0.29, 0.717) is 51.2 Å². The summed E-state index contributed by atoms with van der Waals surface area (Å²) in [5, 5.41) is 29.8. The van der Waals surface area contributed by atoms with Gasteiger partial charge in [-0.2, -0.15) is 21.8 Å². The van der Waals surface area contributed by atoms with Crippen LogP contribution in [0, 0.1) is 0 Å². The predicted molar refractivity (Wildman–Crippen MR) is 213 cm³/mol. The van der Waals surface area contributed by atoms with Crippen molar-refractivity contribution in [1.29, 1.82) is 0 Å². The lowest BCUT2D eigenvalue weighted by atomic mass is 10.2. The molecule has 16 nitrogen and oxygen atoms in total. The molecule has 1 unspecified atom stereocenters. The Morgan fingerprint density at radius 3 is 1.98 bits per heavy atom. The van der Waals surface area contributed by atoms with Gasteiger partial charge in [0.15, 0.2) is 0 Å². The zero-order valence-corrected chi connectivity index (χ0v) is 32.5. The van der Waals surface area contributed by atoms with Crippen LogP contribution in [-0.2, 0) is 43.1 Å². The van der Waals surface area contributed by atoms with E-state index in [1.165, 1.54) is 24.6 Å². The molecule has 0 bridgehead atoms. The second kappa shape index (κ2) is 18.6. The van der Waals surface area contributed by atoms with Crippen molar-refractivity contribution in [3.8, 4) is 5.75 Å². The van der Waals surface area contributed by atoms with Gasteiger partial charge in [-0.3, -0.25) is 9.11 Å². The average molecular weight is 843 g/mol. The number of aliphatic hydroxyl groups is 2. The Labute approximate surface area is 331 Å². The summed E-state index contributed by atoms with van der Waals surface area (Å²) >= 11 is 7.93. The number of halogens is 1. The standard InChI is InChI=1S/C22H19ClN6O4S.2C7H8O3S/c1-22(31)20(30)33-21(29-22)28-12-2-4-16-14(8-12)19(26-11-25-16)27-13-3-5-17(15(23)9-13)32-10-18-24-6-7-34-18;2*8-11(9,10)6-7-4-2-1-3-5-7/h2-9,11,20,30-31H,10H2,1H3,(H,28,29)(H,25,26,27);2*1-5H,6H2,(H,8,9,10)/t20?,22-;;/m1../s1. The van der Waals surface area contributed by atoms with Crippen LogP contribution in [0.4, 0.5) is 17.2 Å². The summed E-state index contributed by atoms with van der Waals surface area (Å²) in [5.74, 6) is 0.487. The molecule has 56 heavy (non-hydrogen) atoms. The number of fused-ring (bicyclic) bond motifs is 1. The fourth-order valence-electron chi connectivity index (χ4n) is 4.79. The monoisotopic (exact) mass is 842 g/mol. The molecule has 0 saturated heterocycles. The van der Waals surface area contributed by atoms with Gasteiger partial charge in [0, 0.05) is 28.3 Å². The first kappa shape index (κ1) is 41.9. The number of aliphatic imine (C=N–C) groups is 1. The Morgan fingerprint density at radius 1 is 0.839 bits per heavy atom. The number of aliphatic hydroxyl groups excluding tert-OH is 1. The van der Waals surface area contributed by atoms with Crippen LogP contribution in [0.25, 0.3) is 10.9 Å². The number of thiazole rings is 1. The molecule has 4 aromatic carbocycles. The van der Waals surface area contributed by atoms with Gasteiger partial charge in [-0.05, 0) is 54.4 Å². The molecule has 3 heterocycles. The van der Waals surface area contributed by atoms with Gasteiger partial charge >= 0.3 is 0 Å². The van der Waals surface area contributed by atoms with Crippen molar-refractivity contribution in [3.05, 3.63) is 136 Å². The number of ether oxygens (including phenoxy) is 2. The third-order valence-electron chi connectivity index (χ3n) is 7.32. The SMILES string of the molecule is C[C@]1(O)N=C(Nc2ccc3ncnc(Nc4ccc(OCc5nccs5)c(Cl)c4)c3c2)OC1O.O=S(=O)(O)Cc1ccccc1.O=S(=O)(O)Cc1ccccc1. The normalized spacial score (nSPS) is 16.3. The summed E-state index contributed by atoms with van der Waals surface area (Å²) in [6.45, 7) is 1.70. The molecular weight excluding hydrogens is 808 g/mol. The van der Waals surface area contributed by atoms with Gasteiger partial charge in [0.25, 0.3) is 32.5 Å². The first-order valence-corrected chi connectivity index (χ1v) is 20.8. The maximum atomic E-state index is 10.4. The summed E-state index contributed by atoms with van der Waals surface area (Å²) in [5.41, 5.74) is 1.50. The molecule has 1 aliphatic heterocycles. The van der Waals surface area contributed by atoms with Crippen molar-refractivity contribution in [2.24, 2.45) is 4.99 Å². The summed E-state index contributed by atoms with van der Waals surface area (Å²) in [4.78, 5) is 16.8. The minimum Gasteiger partial charge on any atom is -0.485 e. The summed E-state index contributed by atoms with van der Waals surface area (Å²) < 4.78 is 69.2. The van der Waals surface area contributed by atoms with Crippen LogP contribution in [0.5, 0.6) is 5.75 Å². The Hall–Kier alpha value is -5.25. The molecule has 1 aliphatic rings. The summed E-state index contributed by atoms with van der Waals surface area (Å²) in [6.07, 6.45) is 1.74. The number of rotatable bonds is 10. The van der Waals surface area contributed by atoms with Gasteiger partial charge in [0.2, 0.25) is 5.72 Å². The van der Waals surface area contributed by atoms with Crippen molar-refractivity contribution in [2.75, 3.05) is 10.6 Å². The fraction of sp³-hybridized carbons (Fsp3) is 0.167. The quantitative estimate of drug-likeness (QED) is 0.0862. The van der Waals surface area contributed by atoms with E-state index in [-0.39, 0.29) is 17.5 Å². The van der Waals surface area contributed by atoms with Crippen LogP contribution in [0.1, 0.15) is 23.1 Å². The number of hydrogen-bond donors (Lipinski definition) is 6. The lowest BCUT2D eigenvalue weighted by molar-refractivity contribution is -0.140. The van der Waals surface area contributed by atoms with Crippen LogP contribution >= 0.6 is 22.9 Å². The highest BCUT2D eigenvalue weighted by molar-refractivity contribution is 7.85. The minimum atomic E-state index is -3.88. The fourth-order valence-corrected chi connectivity index (χ4v) is 6.78. The molecule has 0 amide bonds. The molecule has 294 valence electrons. The first-order chi connectivity index (χ1) is 26.5. The molecule has 0 radical (unpaired) electrons. The van der Waals surface area contributed by atoms with E-state index in [0.717, 1.165) is 10.4 Å². The van der Waals surface area contributed by atoms with Crippen LogP contribution in [0.3, 0.4) is 0 Å². The number of amidine groups is 1. The predicted octanol–water partition coefficient (Wildman–Crippen LogP) is 6.04. The first-order valence-electron chi connectivity index (χ1n) is 16.3. The smallest absolute Gasteiger partial charge is 0.294 e. The van der Waals surface area contributed by atoms with Gasteiger partial charge in [-0.1, -0.05) is 72.3 Å². The lowest BCUT2D eigenvalue weighted by Crippen LogP contribution is -2.34. The van der Waals surface area contributed by atoms with Crippen LogP contribution in [-0.4, -0.2) is 69.1 Å². The average Bonchev–Trinajstić information content (AvgIpc) is 3.74. The summed E-state index contributed by atoms with van der Waals surface area (Å²) in [7, 11) is -7.75. The van der Waals surface area contributed by atoms with Crippen molar-refractivity contribution >= 4 is 77.3 Å². The van der Waals surface area contributed by atoms with Crippen molar-refractivity contribution in [2.45, 2.75) is 37.1 Å². The van der Waals surface area contributed by atoms with E-state index in [4.69, 9.17) is 30.2 Å². The zero-order valence-electron chi connectivity index (χ0n) is 29.3. The molecule has 0 fully saturated rings. The molecule has 2 atom stereocenters. The maximum absolute atomic E-state index is 10.4. The Kier molecular flexibility index (Phi) is 13.9. The van der Waals surface area contributed by atoms with Gasteiger partial charge in [0.05, 0.1) is 10.5 Å². The van der Waals surface area contributed by atoms with Gasteiger partial charge < -0.3 is 30.3 Å². The van der Waals surface area contributed by atoms with Crippen LogP contribution in [0.2, 0.25) is 5.02 Å². The molecule has 20 heteroatoms. The van der Waals surface area contributed by atoms with E-state index in [1.54, 1.807) is 97.2 Å². The van der Waals surface area contributed by atoms with Crippen molar-refractivity contribution < 1.29 is 45.6 Å². The number of anilines is 3. The topological polar surface area (TPSA) is 243 Å². The largest absolute Gasteiger partial charge is 0.485 e. The number of hydrogen-bond acceptors (Lipinski definition) is 15. The Morgan fingerprint density at radius 2 is 1.45 bits per heavy atom. The number of nitrogens with zero attached hydrogens (tertiary/aromatic N) is 4. The van der Waals surface area contributed by atoms with Crippen LogP contribution < -0.4 is 15.4 Å². The molecule has 0 spiro atoms. The molecule has 0 saturated carbocycles. The number of aromatic nitrogens is 3. The zero-order chi connectivity index (χ0) is 40.3. The highest BCUT2D eigenvalue weighted by Gasteiger charge is 2.39. The third kappa shape index (κ3) is 13.2. The van der Waals surface area contributed by atoms with E-state index in [2.05, 4.69) is 30.6 Å². The second-order valence-electron chi connectivity index (χ2n) is 12.0. The molecule has 6 N–H and O–H groups in total. The van der Waals surface area contributed by atoms with Gasteiger partial charge in [0.1, 0.15) is 41.0 Å². The van der Waals surface area contributed by atoms with Crippen LogP contribution in [0.15, 0.2) is 120 Å². The molecule has 0 aliphatic carbocycles. The minimum absolute atomic E-state index is 0.00308. The molecule has 2 aromatic heterocycles. The third-order valence-corrected chi connectivity index (χ3v) is 9.76. The van der Waals surface area contributed by atoms with Gasteiger partial charge in [-0.15, -0.1) is 11.3 Å². The molecule has 6 aromatic rings. The van der Waals surface area contributed by atoms with E-state index in [9.17, 15) is 27.0 Å². The Balaban J connectivity index is 0.000000222. The highest BCUT2D eigenvalue weighted by Crippen LogP contribution is 2.32. The number of nitrogens with one attached hydrogen (secondary N) is 2. The summed E-state index contributed by atoms with van der Waals surface area (Å²) in [6, 6.07) is 27.8. The maximum Gasteiger partial charge on any atom is 0.294 e. The van der Waals surface area contributed by atoms with E-state index < -0.39 is 32.3 Å². The second-order valence-corrected chi connectivity index (χ2v) is 16.3. The Bertz CT molecular complexity index is 2410. The number of benzene rings is 4. The highest BCUT2D eigenvalue weighted by atomic mass is 35.5. The van der Waals surface area contributed by atoms with Gasteiger partial charge in [-0.25, -0.2) is 15.0 Å². The lowest BCUT2D eigenvalue weighted by Gasteiger charge is -2.15. The molecule has 7 rings (SSSR count). The van der Waals surface area contributed by atoms with Crippen molar-refractivity contribution in [1.82, 2.24) is 15.0 Å².